The summed E-state index contributed by atoms with van der Waals surface area (Å²) >= 11 is 0. The minimum Gasteiger partial charge on any atom is -0.358 e. The Bertz CT molecular complexity index is 3.90. The summed E-state index contributed by atoms with van der Waals surface area (Å²) in [5.74, 6) is 0. The molecule has 0 saturated heterocycles. The largest absolute Gasteiger partial charge is 0.358 e. The van der Waals surface area contributed by atoms with Gasteiger partial charge in [-0.1, -0.05) is 7.43 Å². The van der Waals surface area contributed by atoms with E-state index in [0.29, 0.717) is 0 Å². The van der Waals surface area contributed by atoms with Gasteiger partial charge >= 0.3 is 0 Å². The van der Waals surface area contributed by atoms with Crippen molar-refractivity contribution in [2.24, 2.45) is 0 Å². The molecule has 0 aromatic heterocycles. The fraction of sp³-hybridized carbons (Fsp3) is 0.600. The van der Waals surface area contributed by atoms with E-state index in [1.54, 1.807) is 0 Å². The Morgan fingerprint density at radius 1 is 1.17 bits per heavy atom. The van der Waals surface area contributed by atoms with E-state index in [1.807, 2.05) is 20.3 Å². The second-order valence-corrected chi connectivity index (χ2v) is 0.577. The fourth-order valence-corrected chi connectivity index (χ4v) is 0. The summed E-state index contributed by atoms with van der Waals surface area (Å²) in [7, 11) is 0. The van der Waals surface area contributed by atoms with E-state index in [4.69, 9.17) is 0 Å². The molecule has 0 N–H and O–H groups in total. The molecule has 0 aromatic carbocycles. The Balaban J connectivity index is -0.00000000667. The van der Waals surface area contributed by atoms with E-state index < -0.39 is 0 Å². The summed E-state index contributed by atoms with van der Waals surface area (Å²) in [5.41, 5.74) is 0. The van der Waals surface area contributed by atoms with Crippen molar-refractivity contribution in [2.75, 3.05) is 0 Å². The minimum absolute atomic E-state index is 0. The van der Waals surface area contributed by atoms with Crippen LogP contribution < -0.4 is 0 Å². The third kappa shape index (κ3) is 64.0. The van der Waals surface area contributed by atoms with Gasteiger partial charge in [-0.25, -0.2) is 0 Å². The first-order valence-electron chi connectivity index (χ1n) is 1.15. The van der Waals surface area contributed by atoms with Gasteiger partial charge in [0.15, 0.2) is 0 Å². The van der Waals surface area contributed by atoms with Gasteiger partial charge in [0.05, 0.1) is 0 Å². The molecule has 39 valence electrons. The van der Waals surface area contributed by atoms with Crippen LogP contribution in [0.2, 0.25) is 0 Å². The Hall–Kier alpha value is 1.19. The van der Waals surface area contributed by atoms with Crippen LogP contribution in [0.3, 0.4) is 0 Å². The van der Waals surface area contributed by atoms with Crippen LogP contribution in [-0.2, 0) is 0 Å². The average Bonchev–Trinajstić information content (AvgIpc) is 0.918. The Morgan fingerprint density at radius 3 is 1.17 bits per heavy atom. The number of rotatable bonds is 0. The molecule has 0 saturated carbocycles. The van der Waals surface area contributed by atoms with Gasteiger partial charge < -0.3 is 13.8 Å². The summed E-state index contributed by atoms with van der Waals surface area (Å²) in [6, 6.07) is 0. The molecule has 0 aliphatic carbocycles. The van der Waals surface area contributed by atoms with Crippen molar-refractivity contribution in [1.82, 2.24) is 0 Å². The van der Waals surface area contributed by atoms with Crippen molar-refractivity contribution >= 4 is 0 Å². The first-order chi connectivity index (χ1) is 1.41. The van der Waals surface area contributed by atoms with E-state index in [0.717, 1.165) is 0 Å². The van der Waals surface area contributed by atoms with Gasteiger partial charge in [-0.3, -0.25) is 0 Å². The molecule has 1 radical (unpaired) electrons. The SMILES string of the molecule is C.C[CH-]C.[CH3-].[La]. The van der Waals surface area contributed by atoms with Crippen molar-refractivity contribution in [3.8, 4) is 0 Å². The van der Waals surface area contributed by atoms with Crippen molar-refractivity contribution in [1.29, 1.82) is 0 Å². The summed E-state index contributed by atoms with van der Waals surface area (Å²) < 4.78 is 0. The zero-order valence-electron chi connectivity index (χ0n) is 4.15. The van der Waals surface area contributed by atoms with Crippen molar-refractivity contribution < 1.29 is 35.6 Å². The number of hydrogen-bond acceptors (Lipinski definition) is 0. The molecule has 6 heavy (non-hydrogen) atoms. The first-order valence-corrected chi connectivity index (χ1v) is 1.15. The smallest absolute Gasteiger partial charge is 0 e. The van der Waals surface area contributed by atoms with Gasteiger partial charge in [-0.15, -0.1) is 0 Å². The van der Waals surface area contributed by atoms with Crippen LogP contribution in [0.4, 0.5) is 0 Å². The molecule has 0 fully saturated rings. The Kier molecular flexibility index (Phi) is 156. The molecule has 0 aromatic rings. The van der Waals surface area contributed by atoms with Crippen LogP contribution in [0.25, 0.3) is 0 Å². The zero-order chi connectivity index (χ0) is 2.71. The maximum atomic E-state index is 2.00. The van der Waals surface area contributed by atoms with E-state index in [1.165, 1.54) is 0 Å². The molecular formula is C5H14La-2. The second kappa shape index (κ2) is 34.7. The molecule has 0 amide bonds. The Labute approximate surface area is 70.3 Å². The maximum Gasteiger partial charge on any atom is 0 e. The molecule has 0 heterocycles. The van der Waals surface area contributed by atoms with Crippen LogP contribution in [0.15, 0.2) is 0 Å². The molecule has 0 atom stereocenters. The van der Waals surface area contributed by atoms with Crippen molar-refractivity contribution in [3.63, 3.8) is 0 Å². The molecule has 1 heteroatoms. The maximum absolute atomic E-state index is 2.00. The van der Waals surface area contributed by atoms with E-state index in [-0.39, 0.29) is 50.5 Å². The van der Waals surface area contributed by atoms with Crippen LogP contribution in [0.5, 0.6) is 0 Å². The van der Waals surface area contributed by atoms with Gasteiger partial charge in [-0.2, -0.15) is 13.8 Å². The second-order valence-electron chi connectivity index (χ2n) is 0.577. The summed E-state index contributed by atoms with van der Waals surface area (Å²) in [5, 5.41) is 0. The monoisotopic (exact) mass is 213 g/mol. The molecule has 0 rings (SSSR count). The molecular weight excluding hydrogens is 199 g/mol. The van der Waals surface area contributed by atoms with Gasteiger partial charge in [0.2, 0.25) is 0 Å². The van der Waals surface area contributed by atoms with Crippen LogP contribution >= 0.6 is 0 Å². The summed E-state index contributed by atoms with van der Waals surface area (Å²) in [4.78, 5) is 0. The van der Waals surface area contributed by atoms with Crippen molar-refractivity contribution in [3.05, 3.63) is 13.8 Å². The molecule has 0 bridgehead atoms. The van der Waals surface area contributed by atoms with Gasteiger partial charge in [0.25, 0.3) is 0 Å². The first kappa shape index (κ1) is 27.1. The normalized spacial score (nSPS) is 3.00. The van der Waals surface area contributed by atoms with E-state index >= 15 is 0 Å². The average molecular weight is 213 g/mol. The third-order valence-electron chi connectivity index (χ3n) is 0. The summed E-state index contributed by atoms with van der Waals surface area (Å²) in [6.07, 6.45) is 2.00. The van der Waals surface area contributed by atoms with Crippen LogP contribution in [0.1, 0.15) is 21.3 Å². The predicted molar refractivity (Wildman–Crippen MR) is 28.8 cm³/mol. The Morgan fingerprint density at radius 2 is 1.17 bits per heavy atom. The van der Waals surface area contributed by atoms with Gasteiger partial charge in [-0.05, 0) is 0 Å². The molecule has 0 nitrogen and oxygen atoms in total. The zero-order valence-corrected chi connectivity index (χ0v) is 7.78. The molecule has 0 aliphatic rings. The molecule has 0 aliphatic heterocycles. The standard InChI is InChI=1S/C3H7.CH4.CH3.La/c1-3-2;;;/h3H,1-2H3;1H4;1H3;/q-1;;-1;. The molecule has 0 spiro atoms. The third-order valence-corrected chi connectivity index (χ3v) is 0. The van der Waals surface area contributed by atoms with Gasteiger partial charge in [0, 0.05) is 35.6 Å². The van der Waals surface area contributed by atoms with E-state index in [2.05, 4.69) is 0 Å². The topological polar surface area (TPSA) is 0 Å². The number of hydrogen-bond donors (Lipinski definition) is 0. The fourth-order valence-electron chi connectivity index (χ4n) is 0. The van der Waals surface area contributed by atoms with E-state index in [9.17, 15) is 0 Å². The van der Waals surface area contributed by atoms with Crippen LogP contribution in [0, 0.1) is 49.4 Å². The minimum atomic E-state index is 0. The van der Waals surface area contributed by atoms with Crippen LogP contribution in [-0.4, -0.2) is 0 Å². The summed E-state index contributed by atoms with van der Waals surface area (Å²) in [6.45, 7) is 4.00. The predicted octanol–water partition coefficient (Wildman–Crippen LogP) is 2.32. The molecule has 0 unspecified atom stereocenters. The quantitative estimate of drug-likeness (QED) is 0.541. The van der Waals surface area contributed by atoms with Crippen molar-refractivity contribution in [2.45, 2.75) is 21.3 Å². The van der Waals surface area contributed by atoms with Gasteiger partial charge in [0.1, 0.15) is 0 Å².